The van der Waals surface area contributed by atoms with Crippen LogP contribution in [0.5, 0.6) is 0 Å². The zero-order valence-corrected chi connectivity index (χ0v) is 11.9. The van der Waals surface area contributed by atoms with E-state index in [4.69, 9.17) is 23.2 Å². The lowest BCUT2D eigenvalue weighted by molar-refractivity contribution is 0.0506. The summed E-state index contributed by atoms with van der Waals surface area (Å²) < 4.78 is 0. The topological polar surface area (TPSA) is 61.4 Å². The lowest BCUT2D eigenvalue weighted by Gasteiger charge is -2.22. The van der Waals surface area contributed by atoms with Crippen LogP contribution in [-0.4, -0.2) is 23.3 Å². The monoisotopic (exact) mass is 302 g/mol. The second kappa shape index (κ2) is 5.99. The van der Waals surface area contributed by atoms with Crippen molar-refractivity contribution in [2.45, 2.75) is 31.3 Å². The Morgan fingerprint density at radius 1 is 1.32 bits per heavy atom. The Bertz CT molecular complexity index is 474. The first-order valence-electron chi connectivity index (χ1n) is 6.21. The molecule has 1 saturated carbocycles. The van der Waals surface area contributed by atoms with Gasteiger partial charge in [0.15, 0.2) is 0 Å². The first-order valence-corrected chi connectivity index (χ1v) is 6.96. The highest BCUT2D eigenvalue weighted by Gasteiger charge is 2.31. The van der Waals surface area contributed by atoms with Crippen molar-refractivity contribution in [3.8, 4) is 0 Å². The summed E-state index contributed by atoms with van der Waals surface area (Å²) in [5.41, 5.74) is -0.319. The van der Waals surface area contributed by atoms with Crippen LogP contribution in [0.2, 0.25) is 10.0 Å². The van der Waals surface area contributed by atoms with Gasteiger partial charge < -0.3 is 15.7 Å². The van der Waals surface area contributed by atoms with Crippen LogP contribution in [0, 0.1) is 0 Å². The van der Waals surface area contributed by atoms with Crippen LogP contribution < -0.4 is 10.6 Å². The van der Waals surface area contributed by atoms with Crippen molar-refractivity contribution in [2.75, 3.05) is 11.9 Å². The van der Waals surface area contributed by atoms with Crippen LogP contribution in [0.4, 0.5) is 10.5 Å². The van der Waals surface area contributed by atoms with Crippen LogP contribution in [-0.2, 0) is 0 Å². The Hall–Kier alpha value is -0.970. The summed E-state index contributed by atoms with van der Waals surface area (Å²) in [7, 11) is 0. The molecule has 1 fully saturated rings. The smallest absolute Gasteiger partial charge is 0.319 e. The molecule has 0 aromatic heterocycles. The van der Waals surface area contributed by atoms with Gasteiger partial charge in [-0.1, -0.05) is 36.0 Å². The second-order valence-electron chi connectivity index (χ2n) is 4.86. The zero-order valence-electron chi connectivity index (χ0n) is 10.4. The normalized spacial score (nSPS) is 17.2. The van der Waals surface area contributed by atoms with Gasteiger partial charge in [0.1, 0.15) is 0 Å². The van der Waals surface area contributed by atoms with E-state index in [2.05, 4.69) is 10.6 Å². The number of hydrogen-bond acceptors (Lipinski definition) is 2. The number of amides is 2. The Balaban J connectivity index is 1.89. The number of anilines is 1. The van der Waals surface area contributed by atoms with E-state index in [0.717, 1.165) is 25.7 Å². The fourth-order valence-corrected chi connectivity index (χ4v) is 2.55. The largest absolute Gasteiger partial charge is 0.388 e. The van der Waals surface area contributed by atoms with Crippen molar-refractivity contribution >= 4 is 34.9 Å². The molecule has 1 aliphatic rings. The Labute approximate surface area is 122 Å². The third kappa shape index (κ3) is 4.00. The lowest BCUT2D eigenvalue weighted by atomic mass is 10.0. The van der Waals surface area contributed by atoms with Gasteiger partial charge in [0.05, 0.1) is 16.3 Å². The first kappa shape index (κ1) is 14.4. The summed E-state index contributed by atoms with van der Waals surface area (Å²) in [6.45, 7) is 0.247. The minimum Gasteiger partial charge on any atom is -0.388 e. The molecule has 6 heteroatoms. The van der Waals surface area contributed by atoms with Gasteiger partial charge in [0.25, 0.3) is 0 Å². The van der Waals surface area contributed by atoms with Crippen molar-refractivity contribution in [3.63, 3.8) is 0 Å². The second-order valence-corrected chi connectivity index (χ2v) is 5.71. The first-order chi connectivity index (χ1) is 8.98. The summed E-state index contributed by atoms with van der Waals surface area (Å²) in [6.07, 6.45) is 3.45. The van der Waals surface area contributed by atoms with Gasteiger partial charge in [-0.05, 0) is 31.0 Å². The highest BCUT2D eigenvalue weighted by molar-refractivity contribution is 6.35. The number of halogens is 2. The lowest BCUT2D eigenvalue weighted by Crippen LogP contribution is -2.42. The molecular formula is C13H16Cl2N2O2. The van der Waals surface area contributed by atoms with E-state index in [1.165, 1.54) is 0 Å². The number of benzene rings is 1. The zero-order chi connectivity index (χ0) is 13.9. The minimum atomic E-state index is -0.768. The van der Waals surface area contributed by atoms with E-state index < -0.39 is 11.6 Å². The van der Waals surface area contributed by atoms with E-state index in [9.17, 15) is 9.90 Å². The van der Waals surface area contributed by atoms with E-state index in [1.807, 2.05) is 0 Å². The number of carbonyl (C=O) groups is 1. The number of carbonyl (C=O) groups excluding carboxylic acids is 1. The number of rotatable bonds is 3. The van der Waals surface area contributed by atoms with Gasteiger partial charge in [-0.15, -0.1) is 0 Å². The highest BCUT2D eigenvalue weighted by atomic mass is 35.5. The summed E-state index contributed by atoms with van der Waals surface area (Å²) in [4.78, 5) is 11.7. The molecule has 0 spiro atoms. The van der Waals surface area contributed by atoms with Gasteiger partial charge >= 0.3 is 6.03 Å². The third-order valence-electron chi connectivity index (χ3n) is 3.29. The molecule has 2 rings (SSSR count). The fraction of sp³-hybridized carbons (Fsp3) is 0.462. The molecule has 2 amide bonds. The molecule has 0 radical (unpaired) electrons. The molecule has 0 bridgehead atoms. The molecule has 0 saturated heterocycles. The summed E-state index contributed by atoms with van der Waals surface area (Å²) >= 11 is 11.8. The molecule has 19 heavy (non-hydrogen) atoms. The van der Waals surface area contributed by atoms with Gasteiger partial charge in [-0.25, -0.2) is 4.79 Å². The van der Waals surface area contributed by atoms with Crippen LogP contribution in [0.3, 0.4) is 0 Å². The van der Waals surface area contributed by atoms with Gasteiger partial charge in [0.2, 0.25) is 0 Å². The average Bonchev–Trinajstić information content (AvgIpc) is 2.79. The summed E-state index contributed by atoms with van der Waals surface area (Å²) in [5.74, 6) is 0. The Kier molecular flexibility index (Phi) is 4.55. The van der Waals surface area contributed by atoms with Crippen molar-refractivity contribution in [1.82, 2.24) is 5.32 Å². The van der Waals surface area contributed by atoms with Crippen molar-refractivity contribution in [2.24, 2.45) is 0 Å². The maximum Gasteiger partial charge on any atom is 0.319 e. The molecule has 0 unspecified atom stereocenters. The van der Waals surface area contributed by atoms with Crippen LogP contribution in [0.15, 0.2) is 18.2 Å². The molecule has 3 N–H and O–H groups in total. The predicted octanol–water partition coefficient (Wildman–Crippen LogP) is 3.42. The summed E-state index contributed by atoms with van der Waals surface area (Å²) in [6, 6.07) is 4.44. The SMILES string of the molecule is O=C(NCC1(O)CCCC1)Nc1cc(Cl)ccc1Cl. The van der Waals surface area contributed by atoms with Crippen molar-refractivity contribution in [3.05, 3.63) is 28.2 Å². The maximum atomic E-state index is 11.7. The maximum absolute atomic E-state index is 11.7. The molecule has 1 aromatic rings. The van der Waals surface area contributed by atoms with E-state index in [1.54, 1.807) is 18.2 Å². The Morgan fingerprint density at radius 3 is 2.68 bits per heavy atom. The molecular weight excluding hydrogens is 287 g/mol. The highest BCUT2D eigenvalue weighted by Crippen LogP contribution is 2.29. The van der Waals surface area contributed by atoms with E-state index in [-0.39, 0.29) is 6.54 Å². The van der Waals surface area contributed by atoms with Gasteiger partial charge in [-0.3, -0.25) is 0 Å². The van der Waals surface area contributed by atoms with Crippen LogP contribution >= 0.6 is 23.2 Å². The molecule has 1 aliphatic carbocycles. The van der Waals surface area contributed by atoms with Crippen LogP contribution in [0.1, 0.15) is 25.7 Å². The number of urea groups is 1. The van der Waals surface area contributed by atoms with Crippen LogP contribution in [0.25, 0.3) is 0 Å². The van der Waals surface area contributed by atoms with E-state index in [0.29, 0.717) is 15.7 Å². The number of hydrogen-bond donors (Lipinski definition) is 3. The molecule has 0 heterocycles. The van der Waals surface area contributed by atoms with Crippen molar-refractivity contribution in [1.29, 1.82) is 0 Å². The van der Waals surface area contributed by atoms with Crippen molar-refractivity contribution < 1.29 is 9.90 Å². The molecule has 4 nitrogen and oxygen atoms in total. The number of aliphatic hydroxyl groups is 1. The van der Waals surface area contributed by atoms with Gasteiger partial charge in [-0.2, -0.15) is 0 Å². The fourth-order valence-electron chi connectivity index (χ4n) is 2.21. The standard InChI is InChI=1S/C13H16Cl2N2O2/c14-9-3-4-10(15)11(7-9)17-12(18)16-8-13(19)5-1-2-6-13/h3-4,7,19H,1-2,5-6,8H2,(H2,16,17,18). The predicted molar refractivity (Wildman–Crippen MR) is 76.9 cm³/mol. The third-order valence-corrected chi connectivity index (χ3v) is 3.85. The molecule has 1 aromatic carbocycles. The average molecular weight is 303 g/mol. The molecule has 104 valence electrons. The molecule has 0 atom stereocenters. The quantitative estimate of drug-likeness (QED) is 0.801. The number of nitrogens with one attached hydrogen (secondary N) is 2. The summed E-state index contributed by atoms with van der Waals surface area (Å²) in [5, 5.41) is 16.3. The minimum absolute atomic E-state index is 0.247. The van der Waals surface area contributed by atoms with E-state index >= 15 is 0 Å². The van der Waals surface area contributed by atoms with Gasteiger partial charge in [0, 0.05) is 11.6 Å². The molecule has 0 aliphatic heterocycles. The Morgan fingerprint density at radius 2 is 2.00 bits per heavy atom.